The minimum Gasteiger partial charge on any atom is -0.307 e. The van der Waals surface area contributed by atoms with Crippen molar-refractivity contribution in [1.82, 2.24) is 15.3 Å². The van der Waals surface area contributed by atoms with Gasteiger partial charge >= 0.3 is 0 Å². The first-order valence-electron chi connectivity index (χ1n) is 6.38. The third-order valence-corrected chi connectivity index (χ3v) is 2.63. The van der Waals surface area contributed by atoms with Crippen LogP contribution in [0.4, 0.5) is 0 Å². The van der Waals surface area contributed by atoms with Gasteiger partial charge in [-0.05, 0) is 25.5 Å². The largest absolute Gasteiger partial charge is 0.307 e. The van der Waals surface area contributed by atoms with E-state index in [1.807, 2.05) is 18.5 Å². The highest BCUT2D eigenvalue weighted by Crippen LogP contribution is 2.15. The Labute approximate surface area is 98.7 Å². The van der Waals surface area contributed by atoms with Gasteiger partial charge in [0.1, 0.15) is 5.82 Å². The van der Waals surface area contributed by atoms with E-state index in [0.717, 1.165) is 25.2 Å². The highest BCUT2D eigenvalue weighted by atomic mass is 15.0. The fourth-order valence-corrected chi connectivity index (χ4v) is 1.73. The number of hydrogen-bond donors (Lipinski definition) is 1. The second-order valence-electron chi connectivity index (χ2n) is 4.11. The predicted molar refractivity (Wildman–Crippen MR) is 67.2 cm³/mol. The molecule has 1 unspecified atom stereocenters. The molecule has 1 heterocycles. The molecule has 0 amide bonds. The number of nitrogens with zero attached hydrogens (tertiary/aromatic N) is 2. The lowest BCUT2D eigenvalue weighted by Crippen LogP contribution is -2.24. The fraction of sp³-hybridized carbons (Fsp3) is 0.692. The van der Waals surface area contributed by atoms with Crippen molar-refractivity contribution in [2.75, 3.05) is 6.54 Å². The summed E-state index contributed by atoms with van der Waals surface area (Å²) in [6, 6.07) is 2.19. The summed E-state index contributed by atoms with van der Waals surface area (Å²) in [5.74, 6) is 0.937. The number of unbranched alkanes of at least 4 members (excludes halogenated alkanes) is 2. The maximum atomic E-state index is 4.34. The maximum Gasteiger partial charge on any atom is 0.145 e. The average molecular weight is 221 g/mol. The zero-order chi connectivity index (χ0) is 11.6. The van der Waals surface area contributed by atoms with E-state index in [1.165, 1.54) is 19.3 Å². The van der Waals surface area contributed by atoms with E-state index in [2.05, 4.69) is 29.1 Å². The summed E-state index contributed by atoms with van der Waals surface area (Å²) in [4.78, 5) is 8.67. The summed E-state index contributed by atoms with van der Waals surface area (Å²) >= 11 is 0. The molecule has 1 N–H and O–H groups in total. The third kappa shape index (κ3) is 4.71. The average Bonchev–Trinajstić information content (AvgIpc) is 2.35. The second-order valence-corrected chi connectivity index (χ2v) is 4.11. The monoisotopic (exact) mass is 221 g/mol. The lowest BCUT2D eigenvalue weighted by atomic mass is 10.1. The lowest BCUT2D eigenvalue weighted by molar-refractivity contribution is 0.455. The molecule has 0 aliphatic rings. The molecule has 3 heteroatoms. The number of aromatic nitrogens is 2. The summed E-state index contributed by atoms with van der Waals surface area (Å²) in [7, 11) is 0. The van der Waals surface area contributed by atoms with Crippen LogP contribution < -0.4 is 5.32 Å². The van der Waals surface area contributed by atoms with Crippen LogP contribution in [0.5, 0.6) is 0 Å². The minimum atomic E-state index is 0.327. The Hall–Kier alpha value is -0.960. The molecule has 0 saturated heterocycles. The van der Waals surface area contributed by atoms with Crippen molar-refractivity contribution in [2.45, 2.75) is 52.0 Å². The van der Waals surface area contributed by atoms with Crippen molar-refractivity contribution < 1.29 is 0 Å². The molecule has 0 aliphatic carbocycles. The van der Waals surface area contributed by atoms with Gasteiger partial charge in [0.25, 0.3) is 0 Å². The molecular formula is C13H23N3. The molecule has 0 radical (unpaired) electrons. The lowest BCUT2D eigenvalue weighted by Gasteiger charge is -2.16. The zero-order valence-corrected chi connectivity index (χ0v) is 10.4. The van der Waals surface area contributed by atoms with Crippen LogP contribution in [0, 0.1) is 0 Å². The van der Waals surface area contributed by atoms with Gasteiger partial charge in [-0.1, -0.05) is 33.1 Å². The highest BCUT2D eigenvalue weighted by molar-refractivity contribution is 4.95. The Morgan fingerprint density at radius 3 is 2.50 bits per heavy atom. The van der Waals surface area contributed by atoms with Crippen LogP contribution in [-0.4, -0.2) is 16.5 Å². The Bertz CT molecular complexity index is 261. The maximum absolute atomic E-state index is 4.34. The van der Waals surface area contributed by atoms with Crippen LogP contribution >= 0.6 is 0 Å². The normalized spacial score (nSPS) is 12.6. The predicted octanol–water partition coefficient (Wildman–Crippen LogP) is 3.10. The first-order chi connectivity index (χ1) is 7.88. The van der Waals surface area contributed by atoms with E-state index >= 15 is 0 Å². The SMILES string of the molecule is CCCCCC(NCCC)c1ncccn1. The molecule has 0 saturated carbocycles. The van der Waals surface area contributed by atoms with Crippen LogP contribution in [0.1, 0.15) is 57.8 Å². The highest BCUT2D eigenvalue weighted by Gasteiger charge is 2.12. The van der Waals surface area contributed by atoms with E-state index < -0.39 is 0 Å². The van der Waals surface area contributed by atoms with Gasteiger partial charge in [-0.3, -0.25) is 0 Å². The fourth-order valence-electron chi connectivity index (χ4n) is 1.73. The van der Waals surface area contributed by atoms with Crippen LogP contribution in [-0.2, 0) is 0 Å². The summed E-state index contributed by atoms with van der Waals surface area (Å²) in [5.41, 5.74) is 0. The summed E-state index contributed by atoms with van der Waals surface area (Å²) < 4.78 is 0. The van der Waals surface area contributed by atoms with E-state index in [0.29, 0.717) is 6.04 Å². The van der Waals surface area contributed by atoms with Gasteiger partial charge < -0.3 is 5.32 Å². The molecule has 0 fully saturated rings. The molecule has 1 aromatic rings. The Kier molecular flexibility index (Phi) is 6.74. The number of rotatable bonds is 8. The Balaban J connectivity index is 2.49. The van der Waals surface area contributed by atoms with Crippen molar-refractivity contribution >= 4 is 0 Å². The summed E-state index contributed by atoms with van der Waals surface area (Å²) in [5, 5.41) is 3.52. The standard InChI is InChI=1S/C13H23N3/c1-3-5-6-8-12(14-9-4-2)13-15-10-7-11-16-13/h7,10-12,14H,3-6,8-9H2,1-2H3. The van der Waals surface area contributed by atoms with Crippen LogP contribution in [0.2, 0.25) is 0 Å². The number of nitrogens with one attached hydrogen (secondary N) is 1. The number of hydrogen-bond acceptors (Lipinski definition) is 3. The molecule has 1 atom stereocenters. The molecule has 0 bridgehead atoms. The van der Waals surface area contributed by atoms with Gasteiger partial charge in [0, 0.05) is 12.4 Å². The van der Waals surface area contributed by atoms with Gasteiger partial charge in [0.05, 0.1) is 6.04 Å². The third-order valence-electron chi connectivity index (χ3n) is 2.63. The molecule has 1 rings (SSSR count). The molecule has 16 heavy (non-hydrogen) atoms. The summed E-state index contributed by atoms with van der Waals surface area (Å²) in [6.45, 7) is 5.45. The van der Waals surface area contributed by atoms with Crippen LogP contribution in [0.25, 0.3) is 0 Å². The molecule has 0 spiro atoms. The molecular weight excluding hydrogens is 198 g/mol. The van der Waals surface area contributed by atoms with Gasteiger partial charge in [0.2, 0.25) is 0 Å². The van der Waals surface area contributed by atoms with E-state index in [1.54, 1.807) is 0 Å². The van der Waals surface area contributed by atoms with Gasteiger partial charge in [0.15, 0.2) is 0 Å². The minimum absolute atomic E-state index is 0.327. The van der Waals surface area contributed by atoms with Crippen molar-refractivity contribution in [1.29, 1.82) is 0 Å². The Morgan fingerprint density at radius 1 is 1.12 bits per heavy atom. The molecule has 0 aromatic carbocycles. The van der Waals surface area contributed by atoms with Gasteiger partial charge in [-0.15, -0.1) is 0 Å². The van der Waals surface area contributed by atoms with Crippen LogP contribution in [0.3, 0.4) is 0 Å². The molecule has 90 valence electrons. The first-order valence-corrected chi connectivity index (χ1v) is 6.38. The quantitative estimate of drug-likeness (QED) is 0.685. The van der Waals surface area contributed by atoms with E-state index in [4.69, 9.17) is 0 Å². The van der Waals surface area contributed by atoms with Crippen molar-refractivity contribution in [3.05, 3.63) is 24.3 Å². The van der Waals surface area contributed by atoms with Crippen LogP contribution in [0.15, 0.2) is 18.5 Å². The van der Waals surface area contributed by atoms with Crippen molar-refractivity contribution in [2.24, 2.45) is 0 Å². The molecule has 3 nitrogen and oxygen atoms in total. The van der Waals surface area contributed by atoms with Gasteiger partial charge in [-0.2, -0.15) is 0 Å². The van der Waals surface area contributed by atoms with E-state index in [9.17, 15) is 0 Å². The first kappa shape index (κ1) is 13.1. The van der Waals surface area contributed by atoms with Crippen molar-refractivity contribution in [3.8, 4) is 0 Å². The molecule has 0 aliphatic heterocycles. The topological polar surface area (TPSA) is 37.8 Å². The molecule has 1 aromatic heterocycles. The van der Waals surface area contributed by atoms with Gasteiger partial charge in [-0.25, -0.2) is 9.97 Å². The van der Waals surface area contributed by atoms with E-state index in [-0.39, 0.29) is 0 Å². The smallest absolute Gasteiger partial charge is 0.145 e. The second kappa shape index (κ2) is 8.22. The zero-order valence-electron chi connectivity index (χ0n) is 10.4. The summed E-state index contributed by atoms with van der Waals surface area (Å²) in [6.07, 6.45) is 9.73. The van der Waals surface area contributed by atoms with Crippen molar-refractivity contribution in [3.63, 3.8) is 0 Å². The Morgan fingerprint density at radius 2 is 1.88 bits per heavy atom.